The highest BCUT2D eigenvalue weighted by Gasteiger charge is 2.40. The van der Waals surface area contributed by atoms with Gasteiger partial charge >= 0.3 is 11.9 Å². The van der Waals surface area contributed by atoms with Crippen LogP contribution >= 0.6 is 0 Å². The van der Waals surface area contributed by atoms with Gasteiger partial charge in [-0.05, 0) is 52.8 Å². The lowest BCUT2D eigenvalue weighted by Gasteiger charge is -2.37. The van der Waals surface area contributed by atoms with Gasteiger partial charge in [0.05, 0.1) is 25.4 Å². The van der Waals surface area contributed by atoms with Crippen LogP contribution in [0.4, 0.5) is 0 Å². The van der Waals surface area contributed by atoms with Crippen LogP contribution in [-0.4, -0.2) is 36.9 Å². The van der Waals surface area contributed by atoms with Gasteiger partial charge in [0.25, 0.3) is 0 Å². The van der Waals surface area contributed by atoms with E-state index in [1.807, 2.05) is 127 Å². The molecule has 1 N–H and O–H groups in total. The SMILES string of the molecule is COC(=O)c1cccc(CC[C@H](O)[C@@H](COC(c2ccccc2)(c2ccccc2)c2ccccc2)C(=O)OCc2ccccc2)c1. The van der Waals surface area contributed by atoms with Crippen molar-refractivity contribution in [3.05, 3.63) is 179 Å². The van der Waals surface area contributed by atoms with E-state index in [-0.39, 0.29) is 19.6 Å². The molecule has 0 saturated carbocycles. The number of methoxy groups -OCH3 is 1. The van der Waals surface area contributed by atoms with Crippen LogP contribution < -0.4 is 0 Å². The maximum Gasteiger partial charge on any atom is 0.337 e. The van der Waals surface area contributed by atoms with Crippen molar-refractivity contribution in [2.75, 3.05) is 13.7 Å². The number of carbonyl (C=O) groups is 2. The van der Waals surface area contributed by atoms with Crippen molar-refractivity contribution in [3.63, 3.8) is 0 Å². The van der Waals surface area contributed by atoms with Gasteiger partial charge in [-0.3, -0.25) is 4.79 Å². The first-order valence-electron chi connectivity index (χ1n) is 15.4. The van der Waals surface area contributed by atoms with Gasteiger partial charge in [-0.15, -0.1) is 0 Å². The van der Waals surface area contributed by atoms with Crippen LogP contribution in [0, 0.1) is 5.92 Å². The van der Waals surface area contributed by atoms with Crippen LogP contribution in [0.2, 0.25) is 0 Å². The second-order valence-electron chi connectivity index (χ2n) is 11.1. The number of hydrogen-bond donors (Lipinski definition) is 1. The van der Waals surface area contributed by atoms with Gasteiger partial charge in [0, 0.05) is 0 Å². The lowest BCUT2D eigenvalue weighted by atomic mass is 9.80. The van der Waals surface area contributed by atoms with Gasteiger partial charge in [-0.1, -0.05) is 133 Å². The second-order valence-corrected chi connectivity index (χ2v) is 11.1. The molecular formula is C40H38O6. The molecule has 5 rings (SSSR count). The van der Waals surface area contributed by atoms with Crippen molar-refractivity contribution >= 4 is 11.9 Å². The third-order valence-corrected chi connectivity index (χ3v) is 8.09. The van der Waals surface area contributed by atoms with Crippen LogP contribution in [0.15, 0.2) is 146 Å². The zero-order valence-electron chi connectivity index (χ0n) is 25.8. The molecule has 0 unspecified atom stereocenters. The monoisotopic (exact) mass is 614 g/mol. The molecule has 0 aliphatic carbocycles. The molecule has 6 nitrogen and oxygen atoms in total. The highest BCUT2D eigenvalue weighted by atomic mass is 16.5. The summed E-state index contributed by atoms with van der Waals surface area (Å²) in [6.07, 6.45) is -0.422. The number of ether oxygens (including phenoxy) is 3. The van der Waals surface area contributed by atoms with E-state index in [0.29, 0.717) is 12.0 Å². The molecule has 2 atom stereocenters. The van der Waals surface area contributed by atoms with Crippen molar-refractivity contribution in [2.45, 2.75) is 31.2 Å². The van der Waals surface area contributed by atoms with Gasteiger partial charge in [0.15, 0.2) is 0 Å². The third kappa shape index (κ3) is 7.78. The molecule has 0 fully saturated rings. The fourth-order valence-electron chi connectivity index (χ4n) is 5.64. The molecule has 6 heteroatoms. The second kappa shape index (κ2) is 15.8. The Morgan fingerprint density at radius 3 is 1.70 bits per heavy atom. The largest absolute Gasteiger partial charge is 0.465 e. The standard InChI is InChI=1S/C40H38O6/c1-44-38(42)32-18-14-17-30(27-32)25-26-37(41)36(39(43)45-28-31-15-6-2-7-16-31)29-46-40(33-19-8-3-9-20-33,34-21-10-4-11-22-34)35-23-12-5-13-24-35/h2-24,27,36-37,41H,25-26,28-29H2,1H3/t36-,37+/m1/s1. The van der Waals surface area contributed by atoms with E-state index in [2.05, 4.69) is 0 Å². The number of esters is 2. The summed E-state index contributed by atoms with van der Waals surface area (Å²) >= 11 is 0. The summed E-state index contributed by atoms with van der Waals surface area (Å²) in [5, 5.41) is 11.6. The Morgan fingerprint density at radius 2 is 1.17 bits per heavy atom. The lowest BCUT2D eigenvalue weighted by Crippen LogP contribution is -2.40. The highest BCUT2D eigenvalue weighted by molar-refractivity contribution is 5.89. The van der Waals surface area contributed by atoms with Crippen LogP contribution in [-0.2, 0) is 37.6 Å². The van der Waals surface area contributed by atoms with Gasteiger partial charge < -0.3 is 19.3 Å². The number of benzene rings is 5. The molecule has 0 saturated heterocycles. The van der Waals surface area contributed by atoms with E-state index in [1.54, 1.807) is 18.2 Å². The zero-order chi connectivity index (χ0) is 32.2. The molecule has 0 aromatic heterocycles. The molecule has 0 aliphatic rings. The molecular weight excluding hydrogens is 576 g/mol. The molecule has 5 aromatic carbocycles. The summed E-state index contributed by atoms with van der Waals surface area (Å²) in [6.45, 7) is -0.0407. The molecule has 0 amide bonds. The number of rotatable bonds is 14. The summed E-state index contributed by atoms with van der Waals surface area (Å²) in [4.78, 5) is 25.8. The first-order valence-corrected chi connectivity index (χ1v) is 15.4. The van der Waals surface area contributed by atoms with Crippen molar-refractivity contribution in [3.8, 4) is 0 Å². The van der Waals surface area contributed by atoms with Crippen molar-refractivity contribution in [2.24, 2.45) is 5.92 Å². The quantitative estimate of drug-likeness (QED) is 0.106. The summed E-state index contributed by atoms with van der Waals surface area (Å²) in [7, 11) is 1.34. The average molecular weight is 615 g/mol. The fraction of sp³-hybridized carbons (Fsp3) is 0.200. The Morgan fingerprint density at radius 1 is 0.674 bits per heavy atom. The predicted molar refractivity (Wildman–Crippen MR) is 177 cm³/mol. The molecule has 0 bridgehead atoms. The van der Waals surface area contributed by atoms with Crippen LogP contribution in [0.5, 0.6) is 0 Å². The molecule has 0 spiro atoms. The molecule has 0 radical (unpaired) electrons. The average Bonchev–Trinajstić information content (AvgIpc) is 3.13. The maximum atomic E-state index is 13.8. The molecule has 0 aliphatic heterocycles. The van der Waals surface area contributed by atoms with Crippen LogP contribution in [0.3, 0.4) is 0 Å². The molecule has 0 heterocycles. The third-order valence-electron chi connectivity index (χ3n) is 8.09. The number of aliphatic hydroxyl groups excluding tert-OH is 1. The normalized spacial score (nSPS) is 12.6. The number of aryl methyl sites for hydroxylation is 1. The summed E-state index contributed by atoms with van der Waals surface area (Å²) in [5.74, 6) is -1.98. The van der Waals surface area contributed by atoms with E-state index in [4.69, 9.17) is 14.2 Å². The van der Waals surface area contributed by atoms with Crippen molar-refractivity contribution < 1.29 is 28.9 Å². The van der Waals surface area contributed by atoms with Gasteiger partial charge in [-0.25, -0.2) is 4.79 Å². The minimum Gasteiger partial charge on any atom is -0.465 e. The van der Waals surface area contributed by atoms with Crippen molar-refractivity contribution in [1.29, 1.82) is 0 Å². The Bertz CT molecular complexity index is 1580. The zero-order valence-corrected chi connectivity index (χ0v) is 25.8. The smallest absolute Gasteiger partial charge is 0.337 e. The Kier molecular flexibility index (Phi) is 11.1. The summed E-state index contributed by atoms with van der Waals surface area (Å²) in [5.41, 5.74) is 3.70. The Balaban J connectivity index is 1.46. The Hall–Kier alpha value is -5.04. The minimum atomic E-state index is -1.09. The van der Waals surface area contributed by atoms with Gasteiger partial charge in [-0.2, -0.15) is 0 Å². The highest BCUT2D eigenvalue weighted by Crippen LogP contribution is 2.41. The summed E-state index contributed by atoms with van der Waals surface area (Å²) < 4.78 is 17.6. The first-order chi connectivity index (χ1) is 22.5. The fourth-order valence-corrected chi connectivity index (χ4v) is 5.64. The van der Waals surface area contributed by atoms with Gasteiger partial charge in [0.1, 0.15) is 18.1 Å². The topological polar surface area (TPSA) is 82.1 Å². The molecule has 234 valence electrons. The maximum absolute atomic E-state index is 13.8. The predicted octanol–water partition coefficient (Wildman–Crippen LogP) is 7.14. The minimum absolute atomic E-state index is 0.0747. The van der Waals surface area contributed by atoms with Crippen LogP contribution in [0.25, 0.3) is 0 Å². The Labute approximate surface area is 270 Å². The number of hydrogen-bond acceptors (Lipinski definition) is 6. The van der Waals surface area contributed by atoms with Crippen molar-refractivity contribution in [1.82, 2.24) is 0 Å². The lowest BCUT2D eigenvalue weighted by molar-refractivity contribution is -0.159. The molecule has 46 heavy (non-hydrogen) atoms. The first kappa shape index (κ1) is 32.4. The van der Waals surface area contributed by atoms with E-state index in [0.717, 1.165) is 27.8 Å². The van der Waals surface area contributed by atoms with E-state index < -0.39 is 29.6 Å². The van der Waals surface area contributed by atoms with E-state index in [1.165, 1.54) is 7.11 Å². The molecule has 5 aromatic rings. The summed E-state index contributed by atoms with van der Waals surface area (Å²) in [6, 6.07) is 46.2. The van der Waals surface area contributed by atoms with Gasteiger partial charge in [0.2, 0.25) is 0 Å². The number of aliphatic hydroxyl groups is 1. The number of carbonyl (C=O) groups excluding carboxylic acids is 2. The van der Waals surface area contributed by atoms with E-state index >= 15 is 0 Å². The van der Waals surface area contributed by atoms with E-state index in [9.17, 15) is 14.7 Å². The van der Waals surface area contributed by atoms with Crippen LogP contribution in [0.1, 0.15) is 44.6 Å².